The van der Waals surface area contributed by atoms with Gasteiger partial charge in [0, 0.05) is 22.6 Å². The number of nitrogens with zero attached hydrogens (tertiary/aromatic N) is 2. The van der Waals surface area contributed by atoms with E-state index >= 15 is 0 Å². The number of sulfonamides is 1. The third kappa shape index (κ3) is 8.15. The van der Waals surface area contributed by atoms with Gasteiger partial charge in [0.25, 0.3) is 0 Å². The second kappa shape index (κ2) is 12.8. The second-order valence-electron chi connectivity index (χ2n) is 7.84. The Hall–Kier alpha value is -1.81. The van der Waals surface area contributed by atoms with E-state index in [1.807, 2.05) is 31.2 Å². The average Bonchev–Trinajstić information content (AvgIpc) is 2.76. The van der Waals surface area contributed by atoms with Gasteiger partial charge in [0.05, 0.1) is 17.0 Å². The molecule has 0 aliphatic heterocycles. The topological polar surface area (TPSA) is 86.8 Å². The van der Waals surface area contributed by atoms with Crippen LogP contribution >= 0.6 is 39.1 Å². The minimum absolute atomic E-state index is 0.0903. The van der Waals surface area contributed by atoms with Crippen molar-refractivity contribution in [2.24, 2.45) is 0 Å². The fourth-order valence-corrected chi connectivity index (χ4v) is 4.96. The standard InChI is InChI=1S/C23H28BrCl2N3O4S/c1-4-5-11-27-23(31)16(2)28(14-17-7-6-8-18(24)12-17)22(30)15-29(34(3,32)33)21-13-19(25)9-10-20(21)26/h6-10,12-13,16H,4-5,11,14-15H2,1-3H3,(H,27,31)/t16-/m1/s1. The molecular weight excluding hydrogens is 565 g/mol. The normalized spacial score (nSPS) is 12.2. The molecule has 0 aromatic heterocycles. The molecule has 1 N–H and O–H groups in total. The number of carbonyl (C=O) groups excluding carboxylic acids is 2. The van der Waals surface area contributed by atoms with E-state index in [9.17, 15) is 18.0 Å². The van der Waals surface area contributed by atoms with Crippen molar-refractivity contribution in [2.45, 2.75) is 39.3 Å². The highest BCUT2D eigenvalue weighted by molar-refractivity contribution is 9.10. The quantitative estimate of drug-likeness (QED) is 0.378. The SMILES string of the molecule is CCCCNC(=O)[C@@H](C)N(Cc1cccc(Br)c1)C(=O)CN(c1cc(Cl)ccc1Cl)S(C)(=O)=O. The summed E-state index contributed by atoms with van der Waals surface area (Å²) in [6, 6.07) is 10.9. The number of halogens is 3. The number of unbranched alkanes of at least 4 members (excludes halogenated alkanes) is 1. The van der Waals surface area contributed by atoms with Crippen LogP contribution in [-0.4, -0.2) is 50.5 Å². The molecule has 0 heterocycles. The Morgan fingerprint density at radius 3 is 2.47 bits per heavy atom. The van der Waals surface area contributed by atoms with Gasteiger partial charge in [-0.1, -0.05) is 64.6 Å². The van der Waals surface area contributed by atoms with Crippen LogP contribution < -0.4 is 9.62 Å². The summed E-state index contributed by atoms with van der Waals surface area (Å²) in [6.07, 6.45) is 2.71. The van der Waals surface area contributed by atoms with Crippen LogP contribution in [0.5, 0.6) is 0 Å². The molecule has 0 bridgehead atoms. The lowest BCUT2D eigenvalue weighted by atomic mass is 10.1. The average molecular weight is 593 g/mol. The summed E-state index contributed by atoms with van der Waals surface area (Å²) in [7, 11) is -3.89. The molecule has 2 aromatic carbocycles. The lowest BCUT2D eigenvalue weighted by Crippen LogP contribution is -2.51. The zero-order valence-corrected chi connectivity index (χ0v) is 23.1. The zero-order chi connectivity index (χ0) is 25.5. The van der Waals surface area contributed by atoms with E-state index in [-0.39, 0.29) is 28.2 Å². The van der Waals surface area contributed by atoms with Gasteiger partial charge in [-0.3, -0.25) is 13.9 Å². The lowest BCUT2D eigenvalue weighted by Gasteiger charge is -2.31. The number of hydrogen-bond acceptors (Lipinski definition) is 4. The maximum atomic E-state index is 13.5. The van der Waals surface area contributed by atoms with Gasteiger partial charge in [-0.05, 0) is 49.2 Å². The first-order chi connectivity index (χ1) is 15.9. The number of carbonyl (C=O) groups is 2. The monoisotopic (exact) mass is 591 g/mol. The van der Waals surface area contributed by atoms with Gasteiger partial charge in [0.15, 0.2) is 0 Å². The zero-order valence-electron chi connectivity index (χ0n) is 19.2. The summed E-state index contributed by atoms with van der Waals surface area (Å²) >= 11 is 15.7. The van der Waals surface area contributed by atoms with Crippen LogP contribution in [0.4, 0.5) is 5.69 Å². The number of anilines is 1. The molecule has 0 fully saturated rings. The van der Waals surface area contributed by atoms with Gasteiger partial charge in [-0.15, -0.1) is 0 Å². The van der Waals surface area contributed by atoms with Crippen LogP contribution in [0.3, 0.4) is 0 Å². The third-order valence-corrected chi connectivity index (χ3v) is 7.27. The maximum absolute atomic E-state index is 13.5. The first-order valence-corrected chi connectivity index (χ1v) is 14.1. The predicted molar refractivity (Wildman–Crippen MR) is 141 cm³/mol. The van der Waals surface area contributed by atoms with E-state index in [2.05, 4.69) is 21.2 Å². The smallest absolute Gasteiger partial charge is 0.244 e. The van der Waals surface area contributed by atoms with Crippen LogP contribution in [0, 0.1) is 0 Å². The number of rotatable bonds is 11. The van der Waals surface area contributed by atoms with Crippen molar-refractivity contribution in [2.75, 3.05) is 23.7 Å². The maximum Gasteiger partial charge on any atom is 0.244 e. The Labute approximate surface area is 219 Å². The Kier molecular flexibility index (Phi) is 10.7. The molecule has 2 rings (SSSR count). The molecule has 0 unspecified atom stereocenters. The predicted octanol–water partition coefficient (Wildman–Crippen LogP) is 4.86. The molecule has 0 spiro atoms. The van der Waals surface area contributed by atoms with E-state index < -0.39 is 28.5 Å². The summed E-state index contributed by atoms with van der Waals surface area (Å²) < 4.78 is 26.9. The molecule has 0 saturated heterocycles. The Bertz CT molecular complexity index is 1130. The van der Waals surface area contributed by atoms with Gasteiger partial charge in [-0.25, -0.2) is 8.42 Å². The number of hydrogen-bond donors (Lipinski definition) is 1. The molecular formula is C23H28BrCl2N3O4S. The van der Waals surface area contributed by atoms with Crippen molar-refractivity contribution >= 4 is 66.7 Å². The van der Waals surface area contributed by atoms with Crippen molar-refractivity contribution in [3.63, 3.8) is 0 Å². The van der Waals surface area contributed by atoms with Crippen molar-refractivity contribution in [3.05, 3.63) is 62.5 Å². The number of benzene rings is 2. The first-order valence-electron chi connectivity index (χ1n) is 10.7. The minimum Gasteiger partial charge on any atom is -0.354 e. The lowest BCUT2D eigenvalue weighted by molar-refractivity contribution is -0.139. The summed E-state index contributed by atoms with van der Waals surface area (Å²) in [6.45, 7) is 3.70. The molecule has 1 atom stereocenters. The molecule has 34 heavy (non-hydrogen) atoms. The Morgan fingerprint density at radius 2 is 1.85 bits per heavy atom. The Balaban J connectivity index is 2.39. The van der Waals surface area contributed by atoms with Gasteiger partial charge in [0.1, 0.15) is 12.6 Å². The summed E-state index contributed by atoms with van der Waals surface area (Å²) in [5.74, 6) is -0.872. The largest absolute Gasteiger partial charge is 0.354 e. The fraction of sp³-hybridized carbons (Fsp3) is 0.391. The van der Waals surface area contributed by atoms with Gasteiger partial charge >= 0.3 is 0 Å². The molecule has 186 valence electrons. The van der Waals surface area contributed by atoms with E-state index in [0.717, 1.165) is 33.4 Å². The highest BCUT2D eigenvalue weighted by Crippen LogP contribution is 2.31. The molecule has 0 aliphatic rings. The summed E-state index contributed by atoms with van der Waals surface area (Å²) in [4.78, 5) is 27.6. The van der Waals surface area contributed by atoms with Gasteiger partial charge < -0.3 is 10.2 Å². The van der Waals surface area contributed by atoms with E-state index in [0.29, 0.717) is 6.54 Å². The minimum atomic E-state index is -3.89. The fourth-order valence-electron chi connectivity index (χ4n) is 3.22. The van der Waals surface area contributed by atoms with E-state index in [4.69, 9.17) is 23.2 Å². The molecule has 2 aromatic rings. The number of amides is 2. The Morgan fingerprint density at radius 1 is 1.15 bits per heavy atom. The van der Waals surface area contributed by atoms with E-state index in [1.165, 1.54) is 23.1 Å². The van der Waals surface area contributed by atoms with Crippen LogP contribution in [-0.2, 0) is 26.2 Å². The molecule has 0 saturated carbocycles. The third-order valence-electron chi connectivity index (χ3n) is 5.09. The van der Waals surface area contributed by atoms with Crippen molar-refractivity contribution < 1.29 is 18.0 Å². The highest BCUT2D eigenvalue weighted by atomic mass is 79.9. The highest BCUT2D eigenvalue weighted by Gasteiger charge is 2.30. The molecule has 0 aliphatic carbocycles. The van der Waals surface area contributed by atoms with Crippen LogP contribution in [0.2, 0.25) is 10.0 Å². The van der Waals surface area contributed by atoms with Crippen LogP contribution in [0.15, 0.2) is 46.9 Å². The second-order valence-corrected chi connectivity index (χ2v) is 11.5. The summed E-state index contributed by atoms with van der Waals surface area (Å²) in [5, 5.41) is 3.24. The van der Waals surface area contributed by atoms with Crippen molar-refractivity contribution in [1.82, 2.24) is 10.2 Å². The first kappa shape index (κ1) is 28.4. The van der Waals surface area contributed by atoms with Gasteiger partial charge in [0.2, 0.25) is 21.8 Å². The molecule has 0 radical (unpaired) electrons. The van der Waals surface area contributed by atoms with Crippen molar-refractivity contribution in [3.8, 4) is 0 Å². The number of nitrogens with one attached hydrogen (secondary N) is 1. The molecule has 11 heteroatoms. The van der Waals surface area contributed by atoms with E-state index in [1.54, 1.807) is 6.92 Å². The van der Waals surface area contributed by atoms with Crippen LogP contribution in [0.1, 0.15) is 32.3 Å². The van der Waals surface area contributed by atoms with Gasteiger partial charge in [-0.2, -0.15) is 0 Å². The van der Waals surface area contributed by atoms with Crippen LogP contribution in [0.25, 0.3) is 0 Å². The molecule has 2 amide bonds. The van der Waals surface area contributed by atoms with Crippen molar-refractivity contribution in [1.29, 1.82) is 0 Å². The summed E-state index contributed by atoms with van der Waals surface area (Å²) in [5.41, 5.74) is 0.870. The molecule has 7 nitrogen and oxygen atoms in total.